The van der Waals surface area contributed by atoms with Crippen molar-refractivity contribution in [1.29, 1.82) is 0 Å². The molecule has 1 saturated heterocycles. The molecule has 31 heavy (non-hydrogen) atoms. The summed E-state index contributed by atoms with van der Waals surface area (Å²) in [6.45, 7) is 6.40. The van der Waals surface area contributed by atoms with E-state index in [1.807, 2.05) is 30.6 Å². The van der Waals surface area contributed by atoms with Gasteiger partial charge in [-0.1, -0.05) is 29.8 Å². The number of aryl methyl sites for hydroxylation is 1. The number of likely N-dealkylation sites (tertiary alicyclic amines) is 1. The average molecular weight is 435 g/mol. The lowest BCUT2D eigenvalue weighted by Gasteiger charge is -2.14. The second-order valence-electron chi connectivity index (χ2n) is 8.15. The van der Waals surface area contributed by atoms with E-state index in [2.05, 4.69) is 51.9 Å². The number of rotatable bonds is 5. The van der Waals surface area contributed by atoms with Gasteiger partial charge >= 0.3 is 0 Å². The minimum atomic E-state index is -0.0335. The lowest BCUT2D eigenvalue weighted by atomic mass is 10.1. The zero-order chi connectivity index (χ0) is 20.5. The summed E-state index contributed by atoms with van der Waals surface area (Å²) < 4.78 is 3.76. The van der Waals surface area contributed by atoms with Crippen LogP contribution in [-0.4, -0.2) is 38.9 Å². The van der Waals surface area contributed by atoms with Crippen LogP contribution in [-0.2, 0) is 6.54 Å². The second-order valence-corrected chi connectivity index (χ2v) is 8.15. The van der Waals surface area contributed by atoms with Crippen LogP contribution in [0, 0.1) is 6.92 Å². The molecule has 0 N–H and O–H groups in total. The molecule has 1 aliphatic rings. The van der Waals surface area contributed by atoms with Gasteiger partial charge in [0.1, 0.15) is 0 Å². The first-order valence-corrected chi connectivity index (χ1v) is 10.7. The van der Waals surface area contributed by atoms with Crippen LogP contribution in [0.1, 0.15) is 18.4 Å². The molecule has 2 aromatic carbocycles. The molecule has 0 saturated carbocycles. The van der Waals surface area contributed by atoms with Crippen molar-refractivity contribution in [2.24, 2.45) is 0 Å². The third-order valence-corrected chi connectivity index (χ3v) is 6.03. The molecule has 5 rings (SSSR count). The highest BCUT2D eigenvalue weighted by Gasteiger charge is 2.12. The Morgan fingerprint density at radius 3 is 2.42 bits per heavy atom. The molecule has 0 atom stereocenters. The predicted molar refractivity (Wildman–Crippen MR) is 128 cm³/mol. The molecule has 0 amide bonds. The number of pyridine rings is 1. The monoisotopic (exact) mass is 434 g/mol. The maximum atomic E-state index is 12.8. The van der Waals surface area contributed by atoms with Gasteiger partial charge in [-0.25, -0.2) is 0 Å². The van der Waals surface area contributed by atoms with Crippen molar-refractivity contribution in [1.82, 2.24) is 19.2 Å². The van der Waals surface area contributed by atoms with E-state index in [1.165, 1.54) is 31.5 Å². The Morgan fingerprint density at radius 1 is 0.903 bits per heavy atom. The quantitative estimate of drug-likeness (QED) is 0.458. The van der Waals surface area contributed by atoms with Crippen molar-refractivity contribution in [3.63, 3.8) is 0 Å². The molecular formula is C25H27ClN4O. The van der Waals surface area contributed by atoms with E-state index in [4.69, 9.17) is 0 Å². The Hall–Kier alpha value is -2.89. The van der Waals surface area contributed by atoms with E-state index >= 15 is 0 Å². The van der Waals surface area contributed by atoms with Crippen molar-refractivity contribution in [2.75, 3.05) is 19.6 Å². The van der Waals surface area contributed by atoms with Gasteiger partial charge in [-0.3, -0.25) is 14.0 Å². The molecule has 0 unspecified atom stereocenters. The average Bonchev–Trinajstić information content (AvgIpc) is 3.42. The third kappa shape index (κ3) is 4.43. The van der Waals surface area contributed by atoms with Gasteiger partial charge in [-0.05, 0) is 68.2 Å². The Morgan fingerprint density at radius 2 is 1.68 bits per heavy atom. The van der Waals surface area contributed by atoms with Crippen LogP contribution >= 0.6 is 12.4 Å². The van der Waals surface area contributed by atoms with E-state index in [-0.39, 0.29) is 18.0 Å². The Labute approximate surface area is 188 Å². The number of benzene rings is 2. The van der Waals surface area contributed by atoms with Crippen molar-refractivity contribution in [3.05, 3.63) is 82.9 Å². The molecular weight excluding hydrogens is 408 g/mol. The van der Waals surface area contributed by atoms with E-state index in [0.29, 0.717) is 0 Å². The van der Waals surface area contributed by atoms with Crippen molar-refractivity contribution >= 4 is 23.3 Å². The van der Waals surface area contributed by atoms with Gasteiger partial charge in [0.05, 0.1) is 18.3 Å². The van der Waals surface area contributed by atoms with Gasteiger partial charge in [-0.2, -0.15) is 5.10 Å². The summed E-state index contributed by atoms with van der Waals surface area (Å²) in [6, 6.07) is 18.1. The van der Waals surface area contributed by atoms with E-state index < -0.39 is 0 Å². The van der Waals surface area contributed by atoms with Crippen LogP contribution in [0.4, 0.5) is 0 Å². The first-order valence-electron chi connectivity index (χ1n) is 10.7. The highest BCUT2D eigenvalue weighted by molar-refractivity contribution is 5.85. The summed E-state index contributed by atoms with van der Waals surface area (Å²) in [4.78, 5) is 15.3. The van der Waals surface area contributed by atoms with Crippen LogP contribution in [0.15, 0.2) is 71.8 Å². The molecule has 1 fully saturated rings. The van der Waals surface area contributed by atoms with Gasteiger partial charge in [0, 0.05) is 29.9 Å². The Bertz CT molecular complexity index is 1240. The van der Waals surface area contributed by atoms with E-state index in [0.717, 1.165) is 40.8 Å². The molecule has 3 heterocycles. The zero-order valence-corrected chi connectivity index (χ0v) is 18.5. The highest BCUT2D eigenvalue weighted by atomic mass is 35.5. The van der Waals surface area contributed by atoms with E-state index in [1.54, 1.807) is 10.6 Å². The first-order chi connectivity index (χ1) is 14.7. The lowest BCUT2D eigenvalue weighted by molar-refractivity contribution is 0.318. The molecule has 0 bridgehead atoms. The van der Waals surface area contributed by atoms with Gasteiger partial charge in [-0.15, -0.1) is 12.4 Å². The van der Waals surface area contributed by atoms with Gasteiger partial charge in [0.15, 0.2) is 0 Å². The fourth-order valence-electron chi connectivity index (χ4n) is 4.26. The van der Waals surface area contributed by atoms with Crippen LogP contribution in [0.2, 0.25) is 0 Å². The van der Waals surface area contributed by atoms with Crippen LogP contribution in [0.3, 0.4) is 0 Å². The maximum absolute atomic E-state index is 12.8. The normalized spacial score (nSPS) is 14.1. The molecule has 0 radical (unpaired) electrons. The lowest BCUT2D eigenvalue weighted by Crippen LogP contribution is -2.24. The third-order valence-electron chi connectivity index (χ3n) is 6.03. The molecule has 160 valence electrons. The summed E-state index contributed by atoms with van der Waals surface area (Å²) in [5, 5.41) is 5.64. The smallest absolute Gasteiger partial charge is 0.255 e. The Kier molecular flexibility index (Phi) is 6.25. The summed E-state index contributed by atoms with van der Waals surface area (Å²) in [5.41, 5.74) is 5.14. The number of nitrogens with zero attached hydrogens (tertiary/aromatic N) is 4. The van der Waals surface area contributed by atoms with Crippen molar-refractivity contribution in [3.8, 4) is 16.8 Å². The molecule has 0 aliphatic carbocycles. The van der Waals surface area contributed by atoms with Gasteiger partial charge in [0.2, 0.25) is 0 Å². The summed E-state index contributed by atoms with van der Waals surface area (Å²) >= 11 is 0. The number of fused-ring (bicyclic) bond motifs is 1. The number of halogens is 1. The molecule has 2 aromatic heterocycles. The van der Waals surface area contributed by atoms with Crippen molar-refractivity contribution in [2.45, 2.75) is 26.3 Å². The van der Waals surface area contributed by atoms with Gasteiger partial charge in [0.25, 0.3) is 5.56 Å². The summed E-state index contributed by atoms with van der Waals surface area (Å²) in [6.07, 6.45) is 6.37. The minimum Gasteiger partial charge on any atom is -0.301 e. The molecule has 0 spiro atoms. The maximum Gasteiger partial charge on any atom is 0.255 e. The second kappa shape index (κ2) is 9.08. The molecule has 4 aromatic rings. The Balaban J connectivity index is 0.00000231. The largest absolute Gasteiger partial charge is 0.301 e. The van der Waals surface area contributed by atoms with Crippen molar-refractivity contribution < 1.29 is 0 Å². The first kappa shape index (κ1) is 21.3. The van der Waals surface area contributed by atoms with E-state index in [9.17, 15) is 4.79 Å². The van der Waals surface area contributed by atoms with Crippen LogP contribution < -0.4 is 5.56 Å². The molecule has 1 aliphatic heterocycles. The number of hydrogen-bond donors (Lipinski definition) is 0. The van der Waals surface area contributed by atoms with Crippen LogP contribution in [0.25, 0.3) is 27.7 Å². The predicted octanol–water partition coefficient (Wildman–Crippen LogP) is 4.68. The fourth-order valence-corrected chi connectivity index (χ4v) is 4.26. The SMILES string of the molecule is Cc1ccc(-c2ccn(-c3ccc4c(cnn4CCN4CCCC4)c3)c(=O)c2)cc1.Cl. The summed E-state index contributed by atoms with van der Waals surface area (Å²) in [7, 11) is 0. The molecule has 5 nitrogen and oxygen atoms in total. The molecule has 6 heteroatoms. The van der Waals surface area contributed by atoms with Crippen LogP contribution in [0.5, 0.6) is 0 Å². The zero-order valence-electron chi connectivity index (χ0n) is 17.7. The number of hydrogen-bond acceptors (Lipinski definition) is 3. The summed E-state index contributed by atoms with van der Waals surface area (Å²) in [5.74, 6) is 0. The standard InChI is InChI=1S/C25H26N4O.ClH/c1-19-4-6-20(7-5-19)21-10-13-28(25(30)17-21)23-8-9-24-22(16-23)18-26-29(24)15-14-27-11-2-3-12-27;/h4-10,13,16-18H,2-3,11-12,14-15H2,1H3;1H. The van der Waals surface area contributed by atoms with Gasteiger partial charge < -0.3 is 4.90 Å². The highest BCUT2D eigenvalue weighted by Crippen LogP contribution is 2.21. The minimum absolute atomic E-state index is 0. The number of aromatic nitrogens is 3. The topological polar surface area (TPSA) is 43.1 Å². The fraction of sp³-hybridized carbons (Fsp3) is 0.280.